The molecule has 0 N–H and O–H groups in total. The van der Waals surface area contributed by atoms with Gasteiger partial charge < -0.3 is 9.42 Å². The van der Waals surface area contributed by atoms with Crippen LogP contribution in [0, 0.1) is 0 Å². The standard InChI is InChI=1S/C19H21N5O2/c1-23-13-15(12-20-23)18-21-17(22-26-18)16-10-6-3-7-11-24(16)19(25)14-8-4-2-5-9-14/h2,4-5,8-9,12-13,16H,3,6-7,10-11H2,1H3/t16-/m0/s1. The molecule has 0 aliphatic carbocycles. The zero-order valence-electron chi connectivity index (χ0n) is 14.7. The highest BCUT2D eigenvalue weighted by Crippen LogP contribution is 2.31. The highest BCUT2D eigenvalue weighted by atomic mass is 16.5. The molecule has 0 saturated carbocycles. The van der Waals surface area contributed by atoms with Crippen LogP contribution in [0.25, 0.3) is 11.5 Å². The van der Waals surface area contributed by atoms with Crippen LogP contribution in [-0.2, 0) is 7.05 Å². The Labute approximate surface area is 151 Å². The Balaban J connectivity index is 1.64. The first-order chi connectivity index (χ1) is 12.7. The number of benzene rings is 1. The summed E-state index contributed by atoms with van der Waals surface area (Å²) in [6.45, 7) is 0.704. The van der Waals surface area contributed by atoms with E-state index in [0.29, 0.717) is 23.8 Å². The van der Waals surface area contributed by atoms with Crippen molar-refractivity contribution in [3.8, 4) is 11.5 Å². The zero-order valence-corrected chi connectivity index (χ0v) is 14.7. The normalized spacial score (nSPS) is 17.9. The summed E-state index contributed by atoms with van der Waals surface area (Å²) in [7, 11) is 1.84. The minimum absolute atomic E-state index is 0.0187. The van der Waals surface area contributed by atoms with Crippen molar-refractivity contribution in [3.63, 3.8) is 0 Å². The molecule has 3 aromatic rings. The molecule has 0 unspecified atom stereocenters. The van der Waals surface area contributed by atoms with E-state index in [1.165, 1.54) is 0 Å². The number of carbonyl (C=O) groups excluding carboxylic acids is 1. The molecule has 2 aromatic heterocycles. The molecule has 134 valence electrons. The Morgan fingerprint density at radius 1 is 1.19 bits per heavy atom. The van der Waals surface area contributed by atoms with Crippen molar-refractivity contribution < 1.29 is 9.32 Å². The van der Waals surface area contributed by atoms with Gasteiger partial charge in [0.2, 0.25) is 0 Å². The first kappa shape index (κ1) is 16.5. The minimum atomic E-state index is -0.167. The zero-order chi connectivity index (χ0) is 17.9. The fraction of sp³-hybridized carbons (Fsp3) is 0.368. The van der Waals surface area contributed by atoms with Crippen molar-refractivity contribution in [2.45, 2.75) is 31.7 Å². The number of aromatic nitrogens is 4. The summed E-state index contributed by atoms with van der Waals surface area (Å²) < 4.78 is 7.13. The topological polar surface area (TPSA) is 77.0 Å². The maximum Gasteiger partial charge on any atom is 0.261 e. The third-order valence-electron chi connectivity index (χ3n) is 4.73. The van der Waals surface area contributed by atoms with Gasteiger partial charge in [-0.25, -0.2) is 0 Å². The van der Waals surface area contributed by atoms with Crippen molar-refractivity contribution in [2.75, 3.05) is 6.54 Å². The predicted octanol–water partition coefficient (Wildman–Crippen LogP) is 3.23. The highest BCUT2D eigenvalue weighted by Gasteiger charge is 2.31. The Hall–Kier alpha value is -2.96. The molecule has 26 heavy (non-hydrogen) atoms. The smallest absolute Gasteiger partial charge is 0.261 e. The quantitative estimate of drug-likeness (QED) is 0.724. The van der Waals surface area contributed by atoms with Gasteiger partial charge in [-0.15, -0.1) is 0 Å². The maximum absolute atomic E-state index is 13.0. The average molecular weight is 351 g/mol. The average Bonchev–Trinajstić information content (AvgIpc) is 3.25. The van der Waals surface area contributed by atoms with E-state index in [2.05, 4.69) is 15.2 Å². The molecule has 1 saturated heterocycles. The Kier molecular flexibility index (Phi) is 4.51. The molecule has 0 spiro atoms. The van der Waals surface area contributed by atoms with E-state index in [1.54, 1.807) is 10.9 Å². The van der Waals surface area contributed by atoms with E-state index in [9.17, 15) is 4.79 Å². The van der Waals surface area contributed by atoms with E-state index < -0.39 is 0 Å². The predicted molar refractivity (Wildman–Crippen MR) is 95.2 cm³/mol. The van der Waals surface area contributed by atoms with E-state index in [0.717, 1.165) is 31.2 Å². The van der Waals surface area contributed by atoms with Crippen molar-refractivity contribution in [1.29, 1.82) is 0 Å². The van der Waals surface area contributed by atoms with Crippen molar-refractivity contribution >= 4 is 5.91 Å². The van der Waals surface area contributed by atoms with E-state index in [-0.39, 0.29) is 11.9 Å². The largest absolute Gasteiger partial charge is 0.334 e. The Morgan fingerprint density at radius 2 is 2.04 bits per heavy atom. The lowest BCUT2D eigenvalue weighted by Gasteiger charge is -2.27. The number of amides is 1. The summed E-state index contributed by atoms with van der Waals surface area (Å²) in [4.78, 5) is 19.5. The van der Waals surface area contributed by atoms with Gasteiger partial charge in [-0.3, -0.25) is 9.48 Å². The molecule has 1 aromatic carbocycles. The van der Waals surface area contributed by atoms with Gasteiger partial charge in [0.1, 0.15) is 0 Å². The summed E-state index contributed by atoms with van der Waals surface area (Å²) in [5, 5.41) is 8.31. The number of aryl methyl sites for hydroxylation is 1. The molecule has 3 heterocycles. The molecule has 1 amide bonds. The second-order valence-corrected chi connectivity index (χ2v) is 6.59. The van der Waals surface area contributed by atoms with Gasteiger partial charge in [0.15, 0.2) is 5.82 Å². The van der Waals surface area contributed by atoms with E-state index >= 15 is 0 Å². The monoisotopic (exact) mass is 351 g/mol. The summed E-state index contributed by atoms with van der Waals surface area (Å²) in [6, 6.07) is 9.21. The molecule has 1 aliphatic heterocycles. The van der Waals surface area contributed by atoms with E-state index in [4.69, 9.17) is 4.52 Å². The summed E-state index contributed by atoms with van der Waals surface area (Å²) in [6.07, 6.45) is 7.49. The Bertz CT molecular complexity index is 886. The molecule has 7 nitrogen and oxygen atoms in total. The molecular formula is C19H21N5O2. The van der Waals surface area contributed by atoms with Gasteiger partial charge in [0.05, 0.1) is 17.8 Å². The molecule has 7 heteroatoms. The van der Waals surface area contributed by atoms with Gasteiger partial charge in [-0.1, -0.05) is 36.2 Å². The van der Waals surface area contributed by atoms with Crippen LogP contribution in [0.5, 0.6) is 0 Å². The van der Waals surface area contributed by atoms with Crippen LogP contribution in [0.4, 0.5) is 0 Å². The molecule has 1 fully saturated rings. The third kappa shape index (κ3) is 3.24. The lowest BCUT2D eigenvalue weighted by Crippen LogP contribution is -2.35. The maximum atomic E-state index is 13.0. The second kappa shape index (κ2) is 7.11. The van der Waals surface area contributed by atoms with Crippen LogP contribution in [0.1, 0.15) is 47.9 Å². The second-order valence-electron chi connectivity index (χ2n) is 6.59. The lowest BCUT2D eigenvalue weighted by atomic mass is 10.1. The molecule has 4 rings (SSSR count). The lowest BCUT2D eigenvalue weighted by molar-refractivity contribution is 0.0670. The summed E-state index contributed by atoms with van der Waals surface area (Å²) in [5.41, 5.74) is 1.47. The number of rotatable bonds is 3. The van der Waals surface area contributed by atoms with Crippen molar-refractivity contribution in [3.05, 3.63) is 54.1 Å². The van der Waals surface area contributed by atoms with Crippen LogP contribution in [0.2, 0.25) is 0 Å². The number of carbonyl (C=O) groups is 1. The van der Waals surface area contributed by atoms with Gasteiger partial charge in [-0.05, 0) is 25.0 Å². The number of hydrogen-bond acceptors (Lipinski definition) is 5. The molecule has 0 bridgehead atoms. The molecule has 0 radical (unpaired) electrons. The Morgan fingerprint density at radius 3 is 2.81 bits per heavy atom. The SMILES string of the molecule is Cn1cc(-c2nc([C@@H]3CCCCCN3C(=O)c3ccccc3)no2)cn1. The van der Waals surface area contributed by atoms with Gasteiger partial charge in [0.25, 0.3) is 11.8 Å². The van der Waals surface area contributed by atoms with Crippen LogP contribution in [0.3, 0.4) is 0 Å². The molecule has 1 atom stereocenters. The van der Waals surface area contributed by atoms with Crippen LogP contribution in [0.15, 0.2) is 47.2 Å². The summed E-state index contributed by atoms with van der Waals surface area (Å²) in [5.74, 6) is 1.02. The fourth-order valence-electron chi connectivity index (χ4n) is 3.39. The fourth-order valence-corrected chi connectivity index (χ4v) is 3.39. The number of hydrogen-bond donors (Lipinski definition) is 0. The highest BCUT2D eigenvalue weighted by molar-refractivity contribution is 5.94. The van der Waals surface area contributed by atoms with Gasteiger partial charge in [-0.2, -0.15) is 10.1 Å². The first-order valence-corrected chi connectivity index (χ1v) is 8.91. The van der Waals surface area contributed by atoms with Gasteiger partial charge in [0, 0.05) is 25.4 Å². The van der Waals surface area contributed by atoms with Crippen LogP contribution >= 0.6 is 0 Å². The van der Waals surface area contributed by atoms with Gasteiger partial charge >= 0.3 is 0 Å². The summed E-state index contributed by atoms with van der Waals surface area (Å²) >= 11 is 0. The van der Waals surface area contributed by atoms with Crippen LogP contribution < -0.4 is 0 Å². The van der Waals surface area contributed by atoms with Crippen molar-refractivity contribution in [1.82, 2.24) is 24.8 Å². The third-order valence-corrected chi connectivity index (χ3v) is 4.73. The first-order valence-electron chi connectivity index (χ1n) is 8.91. The van der Waals surface area contributed by atoms with E-state index in [1.807, 2.05) is 48.5 Å². The number of nitrogens with zero attached hydrogens (tertiary/aromatic N) is 5. The van der Waals surface area contributed by atoms with Crippen LogP contribution in [-0.4, -0.2) is 37.3 Å². The molecular weight excluding hydrogens is 330 g/mol. The van der Waals surface area contributed by atoms with Crippen molar-refractivity contribution in [2.24, 2.45) is 7.05 Å². The number of likely N-dealkylation sites (tertiary alicyclic amines) is 1. The minimum Gasteiger partial charge on any atom is -0.334 e. The molecule has 1 aliphatic rings.